The van der Waals surface area contributed by atoms with Crippen LogP contribution in [0.15, 0.2) is 0 Å². The summed E-state index contributed by atoms with van der Waals surface area (Å²) in [6.07, 6.45) is 0.482. The zero-order valence-electron chi connectivity index (χ0n) is 10.6. The largest absolute Gasteiger partial charge is 0.466 e. The molecule has 0 bridgehead atoms. The number of esters is 1. The summed E-state index contributed by atoms with van der Waals surface area (Å²) in [5.74, 6) is -1.32. The van der Waals surface area contributed by atoms with E-state index in [9.17, 15) is 4.79 Å². The van der Waals surface area contributed by atoms with Crippen LogP contribution in [0.5, 0.6) is 0 Å². The van der Waals surface area contributed by atoms with Gasteiger partial charge in [0.1, 0.15) is 0 Å². The predicted molar refractivity (Wildman–Crippen MR) is 36.1 cm³/mol. The highest BCUT2D eigenvalue weighted by Crippen LogP contribution is 2.01. The first-order valence-corrected chi connectivity index (χ1v) is 2.84. The number of ether oxygens (including phenoxy) is 1. The van der Waals surface area contributed by atoms with Crippen LogP contribution in [0.2, 0.25) is 0 Å². The Morgan fingerprint density at radius 1 is 2.00 bits per heavy atom. The van der Waals surface area contributed by atoms with Gasteiger partial charge in [0.25, 0.3) is 0 Å². The number of rotatable bonds is 3. The van der Waals surface area contributed by atoms with Crippen molar-refractivity contribution in [2.75, 3.05) is 6.56 Å². The van der Waals surface area contributed by atoms with Crippen molar-refractivity contribution in [1.82, 2.24) is 0 Å². The second-order valence-corrected chi connectivity index (χ2v) is 1.83. The summed E-state index contributed by atoms with van der Waals surface area (Å²) in [7, 11) is 0. The molecule has 1 atom stereocenters. The number of hydrogen-bond acceptors (Lipinski definition) is 2. The lowest BCUT2D eigenvalue weighted by molar-refractivity contribution is -0.147. The zero-order valence-corrected chi connectivity index (χ0v) is 5.60. The molecule has 2 heteroatoms. The van der Waals surface area contributed by atoms with E-state index >= 15 is 0 Å². The van der Waals surface area contributed by atoms with E-state index < -0.39 is 25.3 Å². The maximum Gasteiger partial charge on any atom is 0.308 e. The fraction of sp³-hybridized carbons (Fsp3) is 0.857. The number of carbonyl (C=O) groups is 1. The maximum absolute atomic E-state index is 11.1. The third kappa shape index (κ3) is 3.12. The first-order chi connectivity index (χ1) is 6.12. The molecule has 54 valence electrons. The second kappa shape index (κ2) is 4.36. The van der Waals surface area contributed by atoms with Crippen LogP contribution in [0.1, 0.15) is 34.0 Å². The molecular weight excluding hydrogens is 116 g/mol. The van der Waals surface area contributed by atoms with Gasteiger partial charge in [0, 0.05) is 4.11 Å². The normalized spacial score (nSPS) is 24.0. The van der Waals surface area contributed by atoms with Crippen LogP contribution >= 0.6 is 0 Å². The van der Waals surface area contributed by atoms with Gasteiger partial charge in [0.15, 0.2) is 0 Å². The highest BCUT2D eigenvalue weighted by atomic mass is 16.5. The smallest absolute Gasteiger partial charge is 0.308 e. The fourth-order valence-electron chi connectivity index (χ4n) is 0.318. The first-order valence-electron chi connectivity index (χ1n) is 5.34. The maximum atomic E-state index is 11.1. The molecule has 9 heavy (non-hydrogen) atoms. The van der Waals surface area contributed by atoms with Gasteiger partial charge in [-0.25, -0.2) is 0 Å². The van der Waals surface area contributed by atoms with Crippen LogP contribution in [-0.4, -0.2) is 12.5 Å². The van der Waals surface area contributed by atoms with Crippen LogP contribution in [0.25, 0.3) is 0 Å². The summed E-state index contributed by atoms with van der Waals surface area (Å²) in [6.45, 7) is -2.57. The van der Waals surface area contributed by atoms with Gasteiger partial charge in [-0.15, -0.1) is 0 Å². The van der Waals surface area contributed by atoms with Gasteiger partial charge in [-0.1, -0.05) is 13.8 Å². The zero-order chi connectivity index (χ0) is 11.6. The summed E-state index contributed by atoms with van der Waals surface area (Å²) in [6, 6.07) is 0. The Hall–Kier alpha value is -0.530. The Bertz CT molecular complexity index is 211. The summed E-state index contributed by atoms with van der Waals surface area (Å²) >= 11 is 0. The van der Waals surface area contributed by atoms with Gasteiger partial charge in [0.2, 0.25) is 0 Å². The van der Waals surface area contributed by atoms with Crippen molar-refractivity contribution < 1.29 is 16.4 Å². The van der Waals surface area contributed by atoms with Crippen LogP contribution in [0.4, 0.5) is 0 Å². The van der Waals surface area contributed by atoms with Crippen molar-refractivity contribution in [1.29, 1.82) is 0 Å². The lowest BCUT2D eigenvalue weighted by atomic mass is 10.1. The molecule has 0 aliphatic carbocycles. The molecule has 0 amide bonds. The van der Waals surface area contributed by atoms with Crippen molar-refractivity contribution in [2.24, 2.45) is 5.92 Å². The Balaban J connectivity index is 4.45. The second-order valence-electron chi connectivity index (χ2n) is 1.83. The molecule has 0 aliphatic rings. The monoisotopic (exact) mass is 135 g/mol. The summed E-state index contributed by atoms with van der Waals surface area (Å²) < 4.78 is 38.8. The molecule has 0 rings (SSSR count). The van der Waals surface area contributed by atoms with Crippen molar-refractivity contribution >= 4 is 5.97 Å². The fourth-order valence-corrected chi connectivity index (χ4v) is 0.318. The number of carbonyl (C=O) groups excluding carboxylic acids is 1. The molecule has 1 unspecified atom stereocenters. The van der Waals surface area contributed by atoms with E-state index in [-0.39, 0.29) is 0 Å². The summed E-state index contributed by atoms with van der Waals surface area (Å²) in [5.41, 5.74) is 0. The van der Waals surface area contributed by atoms with E-state index in [0.29, 0.717) is 6.42 Å². The third-order valence-electron chi connectivity index (χ3n) is 1.17. The van der Waals surface area contributed by atoms with E-state index in [0.717, 1.165) is 0 Å². The van der Waals surface area contributed by atoms with Gasteiger partial charge in [-0.3, -0.25) is 4.79 Å². The van der Waals surface area contributed by atoms with Crippen LogP contribution in [-0.2, 0) is 9.53 Å². The Kier molecular flexibility index (Phi) is 1.47. The SMILES string of the molecule is [2H]C([2H])([2H])C([2H])([2H])OC(=O)C(C)CC. The molecule has 0 fully saturated rings. The topological polar surface area (TPSA) is 26.3 Å². The van der Waals surface area contributed by atoms with E-state index in [4.69, 9.17) is 6.85 Å². The van der Waals surface area contributed by atoms with Gasteiger partial charge in [0.05, 0.1) is 15.2 Å². The summed E-state index contributed by atoms with van der Waals surface area (Å²) in [5, 5.41) is 0. The van der Waals surface area contributed by atoms with Crippen molar-refractivity contribution in [3.05, 3.63) is 0 Å². The highest BCUT2D eigenvalue weighted by Gasteiger charge is 2.09. The Morgan fingerprint density at radius 2 is 2.67 bits per heavy atom. The molecule has 0 saturated heterocycles. The molecule has 0 aromatic heterocycles. The minimum Gasteiger partial charge on any atom is -0.466 e. The van der Waals surface area contributed by atoms with E-state index in [1.54, 1.807) is 13.8 Å². The van der Waals surface area contributed by atoms with E-state index in [1.807, 2.05) is 0 Å². The minimum atomic E-state index is -2.95. The molecular formula is C7H14O2. The molecule has 0 spiro atoms. The Morgan fingerprint density at radius 3 is 3.11 bits per heavy atom. The lowest BCUT2D eigenvalue weighted by Crippen LogP contribution is -2.13. The van der Waals surface area contributed by atoms with Crippen LogP contribution in [0.3, 0.4) is 0 Å². The van der Waals surface area contributed by atoms with Crippen molar-refractivity contribution in [3.63, 3.8) is 0 Å². The molecule has 0 aromatic carbocycles. The van der Waals surface area contributed by atoms with E-state index in [1.165, 1.54) is 0 Å². The Labute approximate surface area is 63.2 Å². The molecule has 0 saturated carbocycles. The third-order valence-corrected chi connectivity index (χ3v) is 1.17. The van der Waals surface area contributed by atoms with Crippen LogP contribution in [0, 0.1) is 5.92 Å². The molecule has 2 nitrogen and oxygen atoms in total. The summed E-state index contributed by atoms with van der Waals surface area (Å²) in [4.78, 5) is 11.1. The predicted octanol–water partition coefficient (Wildman–Crippen LogP) is 1.60. The first kappa shape index (κ1) is 3.04. The molecule has 0 heterocycles. The van der Waals surface area contributed by atoms with Gasteiger partial charge < -0.3 is 4.74 Å². The molecule has 0 N–H and O–H groups in total. The van der Waals surface area contributed by atoms with Gasteiger partial charge >= 0.3 is 5.97 Å². The average molecular weight is 135 g/mol. The quantitative estimate of drug-likeness (QED) is 0.549. The molecule has 0 aromatic rings. The molecule has 0 aliphatic heterocycles. The molecule has 0 radical (unpaired) electrons. The van der Waals surface area contributed by atoms with Gasteiger partial charge in [-0.05, 0) is 13.3 Å². The lowest BCUT2D eigenvalue weighted by Gasteiger charge is -2.05. The average Bonchev–Trinajstić information content (AvgIpc) is 2.00. The van der Waals surface area contributed by atoms with Crippen molar-refractivity contribution in [2.45, 2.75) is 27.1 Å². The number of hydrogen-bond donors (Lipinski definition) is 0. The van der Waals surface area contributed by atoms with E-state index in [2.05, 4.69) is 4.74 Å². The van der Waals surface area contributed by atoms with Crippen molar-refractivity contribution in [3.8, 4) is 0 Å². The minimum absolute atomic E-state index is 0.482. The standard InChI is InChI=1S/C7H14O2/c1-4-6(3)7(8)9-5-2/h6H,4-5H2,1-3H3/i2D3,5D2. The van der Waals surface area contributed by atoms with Crippen LogP contribution < -0.4 is 0 Å². The highest BCUT2D eigenvalue weighted by molar-refractivity contribution is 5.71. The van der Waals surface area contributed by atoms with Gasteiger partial charge in [-0.2, -0.15) is 0 Å².